The van der Waals surface area contributed by atoms with E-state index in [0.29, 0.717) is 16.6 Å². The normalized spacial score (nSPS) is 11.2. The van der Waals surface area contributed by atoms with Crippen LogP contribution in [0.5, 0.6) is 0 Å². The number of nitrogens with zero attached hydrogens (tertiary/aromatic N) is 6. The molecule has 1 aromatic carbocycles. The number of hydrogen-bond acceptors (Lipinski definition) is 5. The smallest absolute Gasteiger partial charge is 0.198 e. The summed E-state index contributed by atoms with van der Waals surface area (Å²) in [5.41, 5.74) is 3.07. The quantitative estimate of drug-likeness (QED) is 0.536. The van der Waals surface area contributed by atoms with Gasteiger partial charge in [-0.3, -0.25) is 14.4 Å². The van der Waals surface area contributed by atoms with Crippen LogP contribution in [0.4, 0.5) is 0 Å². The Bertz CT molecular complexity index is 932. The largest absolute Gasteiger partial charge is 0.278 e. The molecule has 0 fully saturated rings. The minimum absolute atomic E-state index is 0.326. The molecule has 0 saturated carbocycles. The average molecular weight is 283 g/mol. The van der Waals surface area contributed by atoms with Gasteiger partial charge >= 0.3 is 0 Å². The Morgan fingerprint density at radius 1 is 0.900 bits per heavy atom. The van der Waals surface area contributed by atoms with Crippen molar-refractivity contribution >= 4 is 28.3 Å². The van der Waals surface area contributed by atoms with Gasteiger partial charge in [-0.25, -0.2) is 4.98 Å². The topological polar surface area (TPSA) is 68.9 Å². The first-order valence-corrected chi connectivity index (χ1v) is 6.27. The number of fused-ring (bicyclic) bond motifs is 2. The number of halogens is 1. The van der Waals surface area contributed by atoms with E-state index in [0.717, 1.165) is 16.6 Å². The SMILES string of the molecule is Clc1nccn2c(-c3ccc4nccnc4c3)nnc12. The van der Waals surface area contributed by atoms with E-state index in [1.165, 1.54) is 0 Å². The van der Waals surface area contributed by atoms with Crippen LogP contribution >= 0.6 is 11.6 Å². The second-order valence-electron chi connectivity index (χ2n) is 4.20. The molecule has 0 aliphatic carbocycles. The summed E-state index contributed by atoms with van der Waals surface area (Å²) in [5.74, 6) is 0.692. The molecule has 20 heavy (non-hydrogen) atoms. The lowest BCUT2D eigenvalue weighted by atomic mass is 10.2. The van der Waals surface area contributed by atoms with Crippen LogP contribution in [0, 0.1) is 0 Å². The Kier molecular flexibility index (Phi) is 2.37. The Balaban J connectivity index is 1.99. The van der Waals surface area contributed by atoms with E-state index in [1.54, 1.807) is 29.2 Å². The molecule has 0 unspecified atom stereocenters. The van der Waals surface area contributed by atoms with Crippen molar-refractivity contribution in [3.63, 3.8) is 0 Å². The van der Waals surface area contributed by atoms with E-state index in [-0.39, 0.29) is 0 Å². The third-order valence-corrected chi connectivity index (χ3v) is 3.28. The van der Waals surface area contributed by atoms with Gasteiger partial charge < -0.3 is 0 Å². The predicted octanol–water partition coefficient (Wildman–Crippen LogP) is 2.39. The van der Waals surface area contributed by atoms with Gasteiger partial charge in [0.15, 0.2) is 16.6 Å². The predicted molar refractivity (Wildman–Crippen MR) is 74.3 cm³/mol. The third-order valence-electron chi connectivity index (χ3n) is 3.01. The average Bonchev–Trinajstić information content (AvgIpc) is 2.92. The molecule has 0 bridgehead atoms. The van der Waals surface area contributed by atoms with Crippen molar-refractivity contribution in [3.05, 3.63) is 48.1 Å². The van der Waals surface area contributed by atoms with Crippen LogP contribution < -0.4 is 0 Å². The van der Waals surface area contributed by atoms with Gasteiger partial charge in [0.05, 0.1) is 11.0 Å². The van der Waals surface area contributed by atoms with Crippen LogP contribution in [-0.4, -0.2) is 29.5 Å². The number of aromatic nitrogens is 6. The van der Waals surface area contributed by atoms with Crippen molar-refractivity contribution in [2.75, 3.05) is 0 Å². The van der Waals surface area contributed by atoms with Gasteiger partial charge in [-0.15, -0.1) is 10.2 Å². The minimum Gasteiger partial charge on any atom is -0.278 e. The molecule has 0 N–H and O–H groups in total. The highest BCUT2D eigenvalue weighted by Gasteiger charge is 2.11. The van der Waals surface area contributed by atoms with E-state index in [2.05, 4.69) is 25.1 Å². The lowest BCUT2D eigenvalue weighted by Crippen LogP contribution is -1.91. The lowest BCUT2D eigenvalue weighted by Gasteiger charge is -2.01. The maximum Gasteiger partial charge on any atom is 0.198 e. The van der Waals surface area contributed by atoms with Crippen LogP contribution in [0.2, 0.25) is 5.15 Å². The van der Waals surface area contributed by atoms with E-state index in [1.807, 2.05) is 18.2 Å². The van der Waals surface area contributed by atoms with Crippen molar-refractivity contribution in [1.29, 1.82) is 0 Å². The van der Waals surface area contributed by atoms with Gasteiger partial charge in [0.1, 0.15) is 0 Å². The molecule has 4 aromatic rings. The summed E-state index contributed by atoms with van der Waals surface area (Å²) in [5, 5.41) is 8.56. The number of rotatable bonds is 1. The van der Waals surface area contributed by atoms with Crippen LogP contribution in [0.15, 0.2) is 43.0 Å². The van der Waals surface area contributed by atoms with E-state index in [9.17, 15) is 0 Å². The molecule has 0 amide bonds. The molecule has 0 aliphatic heterocycles. The first-order valence-electron chi connectivity index (χ1n) is 5.89. The van der Waals surface area contributed by atoms with Gasteiger partial charge in [0, 0.05) is 30.4 Å². The number of hydrogen-bond donors (Lipinski definition) is 0. The molecule has 3 aromatic heterocycles. The minimum atomic E-state index is 0.326. The Labute approximate surface area is 118 Å². The summed E-state index contributed by atoms with van der Waals surface area (Å²) < 4.78 is 1.80. The fraction of sp³-hybridized carbons (Fsp3) is 0. The molecule has 0 atom stereocenters. The summed E-state index contributed by atoms with van der Waals surface area (Å²) in [4.78, 5) is 12.5. The summed E-state index contributed by atoms with van der Waals surface area (Å²) in [6.45, 7) is 0. The first kappa shape index (κ1) is 11.2. The Hall–Kier alpha value is -2.60. The molecule has 6 nitrogen and oxygen atoms in total. The second-order valence-corrected chi connectivity index (χ2v) is 4.55. The molecule has 0 spiro atoms. The zero-order chi connectivity index (χ0) is 13.5. The van der Waals surface area contributed by atoms with Gasteiger partial charge in [-0.05, 0) is 18.2 Å². The van der Waals surface area contributed by atoms with Gasteiger partial charge in [0.25, 0.3) is 0 Å². The van der Waals surface area contributed by atoms with E-state index < -0.39 is 0 Å². The third kappa shape index (κ3) is 1.62. The van der Waals surface area contributed by atoms with Gasteiger partial charge in [0.2, 0.25) is 0 Å². The molecule has 0 saturated heterocycles. The molecule has 3 heterocycles. The van der Waals surface area contributed by atoms with Crippen molar-refractivity contribution < 1.29 is 0 Å². The van der Waals surface area contributed by atoms with Gasteiger partial charge in [-0.2, -0.15) is 0 Å². The molecule has 96 valence electrons. The van der Waals surface area contributed by atoms with Crippen LogP contribution in [-0.2, 0) is 0 Å². The molecule has 0 aliphatic rings. The molecule has 0 radical (unpaired) electrons. The highest BCUT2D eigenvalue weighted by Crippen LogP contribution is 2.23. The maximum atomic E-state index is 6.00. The van der Waals surface area contributed by atoms with Gasteiger partial charge in [-0.1, -0.05) is 11.6 Å². The zero-order valence-electron chi connectivity index (χ0n) is 10.1. The van der Waals surface area contributed by atoms with E-state index in [4.69, 9.17) is 11.6 Å². The summed E-state index contributed by atoms with van der Waals surface area (Å²) in [7, 11) is 0. The highest BCUT2D eigenvalue weighted by atomic mass is 35.5. The summed E-state index contributed by atoms with van der Waals surface area (Å²) >= 11 is 6.00. The second kappa shape index (κ2) is 4.21. The first-order chi connectivity index (χ1) is 9.83. The monoisotopic (exact) mass is 282 g/mol. The lowest BCUT2D eigenvalue weighted by molar-refractivity contribution is 1.11. The van der Waals surface area contributed by atoms with Crippen molar-refractivity contribution in [2.45, 2.75) is 0 Å². The summed E-state index contributed by atoms with van der Waals surface area (Å²) in [6, 6.07) is 5.76. The Morgan fingerprint density at radius 2 is 1.75 bits per heavy atom. The van der Waals surface area contributed by atoms with Crippen LogP contribution in [0.1, 0.15) is 0 Å². The standard InChI is InChI=1S/C13H7ClN6/c14-11-13-19-18-12(20(13)6-5-17-11)8-1-2-9-10(7-8)16-4-3-15-9/h1-7H. The number of benzene rings is 1. The molecular formula is C13H7ClN6. The summed E-state index contributed by atoms with van der Waals surface area (Å²) in [6.07, 6.45) is 6.72. The fourth-order valence-electron chi connectivity index (χ4n) is 2.10. The fourth-order valence-corrected chi connectivity index (χ4v) is 2.28. The van der Waals surface area contributed by atoms with Crippen molar-refractivity contribution in [3.8, 4) is 11.4 Å². The van der Waals surface area contributed by atoms with E-state index >= 15 is 0 Å². The molecule has 4 rings (SSSR count). The van der Waals surface area contributed by atoms with Crippen LogP contribution in [0.25, 0.3) is 28.1 Å². The van der Waals surface area contributed by atoms with Crippen LogP contribution in [0.3, 0.4) is 0 Å². The zero-order valence-corrected chi connectivity index (χ0v) is 10.9. The van der Waals surface area contributed by atoms with Crippen molar-refractivity contribution in [2.24, 2.45) is 0 Å². The highest BCUT2D eigenvalue weighted by molar-refractivity contribution is 6.32. The Morgan fingerprint density at radius 3 is 2.65 bits per heavy atom. The molecular weight excluding hydrogens is 276 g/mol. The maximum absolute atomic E-state index is 6.00. The van der Waals surface area contributed by atoms with Crippen molar-refractivity contribution in [1.82, 2.24) is 29.5 Å². The molecule has 7 heteroatoms.